The van der Waals surface area contributed by atoms with Gasteiger partial charge in [-0.05, 0) is 26.4 Å². The lowest BCUT2D eigenvalue weighted by Gasteiger charge is -2.14. The quantitative estimate of drug-likeness (QED) is 0.938. The summed E-state index contributed by atoms with van der Waals surface area (Å²) in [7, 11) is 0. The Hall–Kier alpha value is -1.53. The highest BCUT2D eigenvalue weighted by Gasteiger charge is 2.24. The van der Waals surface area contributed by atoms with Crippen molar-refractivity contribution >= 4 is 22.3 Å². The molecule has 1 fully saturated rings. The number of anilines is 2. The van der Waals surface area contributed by atoms with Crippen LogP contribution in [0.1, 0.15) is 30.8 Å². The van der Waals surface area contributed by atoms with E-state index in [1.54, 1.807) is 17.5 Å². The Morgan fingerprint density at radius 2 is 2.35 bits per heavy atom. The molecule has 0 spiro atoms. The molecule has 0 aromatic carbocycles. The Labute approximate surface area is 123 Å². The van der Waals surface area contributed by atoms with Crippen LogP contribution in [-0.2, 0) is 0 Å². The summed E-state index contributed by atoms with van der Waals surface area (Å²) in [6.07, 6.45) is 2.97. The fourth-order valence-corrected chi connectivity index (χ4v) is 3.16. The van der Waals surface area contributed by atoms with Gasteiger partial charge in [0.1, 0.15) is 11.6 Å². The molecule has 0 aliphatic carbocycles. The second kappa shape index (κ2) is 5.85. The summed E-state index contributed by atoms with van der Waals surface area (Å²) < 4.78 is 0. The summed E-state index contributed by atoms with van der Waals surface area (Å²) in [4.78, 5) is 15.8. The van der Waals surface area contributed by atoms with Crippen molar-refractivity contribution < 1.29 is 0 Å². The molecule has 20 heavy (non-hydrogen) atoms. The number of hydrogen-bond acceptors (Lipinski definition) is 6. The van der Waals surface area contributed by atoms with Crippen molar-refractivity contribution in [3.8, 4) is 0 Å². The monoisotopic (exact) mass is 289 g/mol. The van der Waals surface area contributed by atoms with E-state index in [0.717, 1.165) is 35.6 Å². The Morgan fingerprint density at radius 3 is 3.05 bits per heavy atom. The van der Waals surface area contributed by atoms with Crippen LogP contribution in [-0.4, -0.2) is 39.5 Å². The zero-order chi connectivity index (χ0) is 13.9. The summed E-state index contributed by atoms with van der Waals surface area (Å²) in [5.74, 6) is 2.18. The fourth-order valence-electron chi connectivity index (χ4n) is 2.62. The van der Waals surface area contributed by atoms with Crippen molar-refractivity contribution in [1.29, 1.82) is 0 Å². The summed E-state index contributed by atoms with van der Waals surface area (Å²) in [5, 5.41) is 6.08. The van der Waals surface area contributed by atoms with Gasteiger partial charge in [0.15, 0.2) is 5.13 Å². The van der Waals surface area contributed by atoms with Gasteiger partial charge in [-0.25, -0.2) is 15.0 Å². The normalized spacial score (nSPS) is 19.4. The maximum atomic E-state index is 4.62. The minimum absolute atomic E-state index is 0.522. The van der Waals surface area contributed by atoms with Crippen molar-refractivity contribution in [2.24, 2.45) is 0 Å². The maximum Gasteiger partial charge on any atom is 0.188 e. The van der Waals surface area contributed by atoms with Crippen LogP contribution in [0.25, 0.3) is 0 Å². The van der Waals surface area contributed by atoms with Gasteiger partial charge in [-0.2, -0.15) is 0 Å². The second-order valence-corrected chi connectivity index (χ2v) is 5.96. The van der Waals surface area contributed by atoms with Crippen LogP contribution in [0.3, 0.4) is 0 Å². The first-order chi connectivity index (χ1) is 9.74. The predicted molar refractivity (Wildman–Crippen MR) is 81.6 cm³/mol. The fraction of sp³-hybridized carbons (Fsp3) is 0.500. The number of rotatable bonds is 4. The van der Waals surface area contributed by atoms with Gasteiger partial charge in [0.05, 0.1) is 5.69 Å². The Kier molecular flexibility index (Phi) is 3.93. The van der Waals surface area contributed by atoms with Gasteiger partial charge in [-0.1, -0.05) is 6.92 Å². The predicted octanol–water partition coefficient (Wildman–Crippen LogP) is 2.79. The molecule has 1 N–H and O–H groups in total. The Morgan fingerprint density at radius 1 is 1.45 bits per heavy atom. The molecule has 2 aromatic heterocycles. The van der Waals surface area contributed by atoms with E-state index < -0.39 is 0 Å². The van der Waals surface area contributed by atoms with E-state index in [2.05, 4.69) is 38.2 Å². The molecule has 0 amide bonds. The molecule has 1 aliphatic heterocycles. The lowest BCUT2D eigenvalue weighted by Crippen LogP contribution is -2.19. The summed E-state index contributed by atoms with van der Waals surface area (Å²) in [6, 6.07) is 2.07. The van der Waals surface area contributed by atoms with Gasteiger partial charge in [-0.3, -0.25) is 0 Å². The molecule has 0 saturated carbocycles. The van der Waals surface area contributed by atoms with Gasteiger partial charge in [0.2, 0.25) is 0 Å². The van der Waals surface area contributed by atoms with Gasteiger partial charge >= 0.3 is 0 Å². The van der Waals surface area contributed by atoms with Crippen molar-refractivity contribution in [1.82, 2.24) is 19.9 Å². The third kappa shape index (κ3) is 2.96. The number of aromatic nitrogens is 3. The first kappa shape index (κ1) is 13.5. The van der Waals surface area contributed by atoms with Crippen LogP contribution in [0, 0.1) is 6.92 Å². The van der Waals surface area contributed by atoms with E-state index >= 15 is 0 Å². The zero-order valence-electron chi connectivity index (χ0n) is 11.8. The van der Waals surface area contributed by atoms with Crippen LogP contribution in [0.5, 0.6) is 0 Å². The van der Waals surface area contributed by atoms with Crippen LogP contribution >= 0.6 is 11.3 Å². The SMILES string of the molecule is CCN1CC[C@H](c2cc(Nc3nccs3)nc(C)n2)C1. The number of thiazole rings is 1. The highest BCUT2D eigenvalue weighted by molar-refractivity contribution is 7.13. The van der Waals surface area contributed by atoms with Crippen molar-refractivity contribution in [2.75, 3.05) is 25.0 Å². The van der Waals surface area contributed by atoms with Crippen LogP contribution in [0.4, 0.5) is 10.9 Å². The number of nitrogens with one attached hydrogen (secondary N) is 1. The molecule has 0 radical (unpaired) electrons. The molecule has 1 saturated heterocycles. The van der Waals surface area contributed by atoms with E-state index in [0.29, 0.717) is 5.92 Å². The number of hydrogen-bond donors (Lipinski definition) is 1. The molecule has 5 nitrogen and oxygen atoms in total. The van der Waals surface area contributed by atoms with E-state index in [1.165, 1.54) is 13.0 Å². The lowest BCUT2D eigenvalue weighted by atomic mass is 10.0. The maximum absolute atomic E-state index is 4.62. The minimum Gasteiger partial charge on any atom is -0.316 e. The van der Waals surface area contributed by atoms with Crippen LogP contribution < -0.4 is 5.32 Å². The summed E-state index contributed by atoms with van der Waals surface area (Å²) in [5.41, 5.74) is 1.15. The third-order valence-electron chi connectivity index (χ3n) is 3.66. The van der Waals surface area contributed by atoms with E-state index in [1.807, 2.05) is 12.3 Å². The van der Waals surface area contributed by atoms with E-state index in [9.17, 15) is 0 Å². The number of likely N-dealkylation sites (N-methyl/N-ethyl adjacent to an activating group) is 1. The lowest BCUT2D eigenvalue weighted by molar-refractivity contribution is 0.353. The van der Waals surface area contributed by atoms with Crippen LogP contribution in [0.15, 0.2) is 17.6 Å². The Balaban J connectivity index is 1.80. The molecular weight excluding hydrogens is 270 g/mol. The average molecular weight is 289 g/mol. The van der Waals surface area contributed by atoms with Gasteiger partial charge in [-0.15, -0.1) is 11.3 Å². The summed E-state index contributed by atoms with van der Waals surface area (Å²) in [6.45, 7) is 7.54. The average Bonchev–Trinajstić information content (AvgIpc) is 3.08. The standard InChI is InChI=1S/C14H19N5S/c1-3-19-6-4-11(9-19)12-8-13(17-10(2)16-12)18-14-15-5-7-20-14/h5,7-8,11H,3-4,6,9H2,1-2H3,(H,15,16,17,18)/t11-/m0/s1. The smallest absolute Gasteiger partial charge is 0.188 e. The number of nitrogens with zero attached hydrogens (tertiary/aromatic N) is 4. The number of likely N-dealkylation sites (tertiary alicyclic amines) is 1. The largest absolute Gasteiger partial charge is 0.316 e. The first-order valence-electron chi connectivity index (χ1n) is 6.99. The highest BCUT2D eigenvalue weighted by Crippen LogP contribution is 2.27. The number of aryl methyl sites for hydroxylation is 1. The second-order valence-electron chi connectivity index (χ2n) is 5.07. The van der Waals surface area contributed by atoms with Gasteiger partial charge in [0, 0.05) is 30.1 Å². The van der Waals surface area contributed by atoms with Gasteiger partial charge < -0.3 is 10.2 Å². The molecule has 3 heterocycles. The molecule has 0 bridgehead atoms. The van der Waals surface area contributed by atoms with Gasteiger partial charge in [0.25, 0.3) is 0 Å². The summed E-state index contributed by atoms with van der Waals surface area (Å²) >= 11 is 1.57. The van der Waals surface area contributed by atoms with Crippen LogP contribution in [0.2, 0.25) is 0 Å². The molecular formula is C14H19N5S. The molecule has 106 valence electrons. The zero-order valence-corrected chi connectivity index (χ0v) is 12.7. The molecule has 1 atom stereocenters. The molecule has 2 aromatic rings. The first-order valence-corrected chi connectivity index (χ1v) is 7.87. The molecule has 1 aliphatic rings. The van der Waals surface area contributed by atoms with E-state index in [4.69, 9.17) is 0 Å². The topological polar surface area (TPSA) is 53.9 Å². The van der Waals surface area contributed by atoms with E-state index in [-0.39, 0.29) is 0 Å². The Bertz CT molecular complexity index is 569. The molecule has 0 unspecified atom stereocenters. The molecule has 6 heteroatoms. The van der Waals surface area contributed by atoms with Crippen molar-refractivity contribution in [3.63, 3.8) is 0 Å². The highest BCUT2D eigenvalue weighted by atomic mass is 32.1. The third-order valence-corrected chi connectivity index (χ3v) is 4.35. The minimum atomic E-state index is 0.522. The molecule has 3 rings (SSSR count). The van der Waals surface area contributed by atoms with Crippen molar-refractivity contribution in [2.45, 2.75) is 26.2 Å². The van der Waals surface area contributed by atoms with Crippen molar-refractivity contribution in [3.05, 3.63) is 29.2 Å².